The molecule has 0 radical (unpaired) electrons. The van der Waals surface area contributed by atoms with Gasteiger partial charge in [0.1, 0.15) is 17.8 Å². The highest BCUT2D eigenvalue weighted by molar-refractivity contribution is 5.67. The number of nitrogens with two attached hydrogens (primary N) is 1. The minimum Gasteiger partial charge on any atom is -0.444 e. The lowest BCUT2D eigenvalue weighted by Crippen LogP contribution is -2.46. The van der Waals surface area contributed by atoms with Crippen LogP contribution in [-0.4, -0.2) is 57.0 Å². The van der Waals surface area contributed by atoms with Gasteiger partial charge in [-0.1, -0.05) is 0 Å². The molecule has 0 spiro atoms. The van der Waals surface area contributed by atoms with E-state index in [0.717, 1.165) is 31.9 Å². The van der Waals surface area contributed by atoms with Crippen molar-refractivity contribution in [3.8, 4) is 0 Å². The van der Waals surface area contributed by atoms with E-state index < -0.39 is 5.60 Å². The topological polar surface area (TPSA) is 98.3 Å². The number of fused-ring (bicyclic) bond motifs is 1. The fraction of sp³-hybridized carbons (Fsp3) is 0.786. The first kappa shape index (κ1) is 16.7. The number of nitrogens with zero attached hydrogens (tertiary/aromatic N) is 4. The molecule has 0 saturated heterocycles. The van der Waals surface area contributed by atoms with Gasteiger partial charge in [0.25, 0.3) is 0 Å². The molecule has 1 aliphatic rings. The zero-order valence-electron chi connectivity index (χ0n) is 13.6. The van der Waals surface area contributed by atoms with Crippen LogP contribution in [0.4, 0.5) is 4.79 Å². The van der Waals surface area contributed by atoms with Crippen LogP contribution in [0, 0.1) is 0 Å². The predicted octanol–water partition coefficient (Wildman–Crippen LogP) is 0.336. The van der Waals surface area contributed by atoms with Gasteiger partial charge in [-0.15, -0.1) is 10.2 Å². The number of hydrogen-bond donors (Lipinski definition) is 2. The Morgan fingerprint density at radius 1 is 1.50 bits per heavy atom. The third kappa shape index (κ3) is 4.67. The van der Waals surface area contributed by atoms with E-state index in [4.69, 9.17) is 10.5 Å². The van der Waals surface area contributed by atoms with Gasteiger partial charge in [0, 0.05) is 32.2 Å². The smallest absolute Gasteiger partial charge is 0.407 e. The fourth-order valence-corrected chi connectivity index (χ4v) is 2.50. The first-order chi connectivity index (χ1) is 10.4. The van der Waals surface area contributed by atoms with Crippen LogP contribution in [0.5, 0.6) is 0 Å². The summed E-state index contributed by atoms with van der Waals surface area (Å²) in [7, 11) is 0. The summed E-state index contributed by atoms with van der Waals surface area (Å²) in [5.74, 6) is 0.963. The van der Waals surface area contributed by atoms with Gasteiger partial charge in [-0.3, -0.25) is 4.90 Å². The Labute approximate surface area is 131 Å². The molecular formula is C14H26N6O2. The second-order valence-electron chi connectivity index (χ2n) is 6.52. The molecule has 0 aliphatic carbocycles. The Balaban J connectivity index is 1.77. The van der Waals surface area contributed by atoms with Crippen molar-refractivity contribution >= 4 is 6.09 Å². The molecule has 124 valence electrons. The Morgan fingerprint density at radius 3 is 2.95 bits per heavy atom. The largest absolute Gasteiger partial charge is 0.444 e. The molecule has 2 rings (SSSR count). The van der Waals surface area contributed by atoms with Gasteiger partial charge in [-0.05, 0) is 27.2 Å². The number of ether oxygens (including phenoxy) is 1. The Kier molecular flexibility index (Phi) is 5.36. The summed E-state index contributed by atoms with van der Waals surface area (Å²) in [6.07, 6.45) is 2.15. The van der Waals surface area contributed by atoms with Crippen molar-refractivity contribution in [2.75, 3.05) is 19.6 Å². The maximum atomic E-state index is 11.6. The highest BCUT2D eigenvalue weighted by Crippen LogP contribution is 2.14. The first-order valence-electron chi connectivity index (χ1n) is 7.66. The number of carbonyl (C=O) groups excluding carboxylic acids is 1. The zero-order chi connectivity index (χ0) is 16.2. The van der Waals surface area contributed by atoms with Crippen molar-refractivity contribution in [1.29, 1.82) is 0 Å². The summed E-state index contributed by atoms with van der Waals surface area (Å²) < 4.78 is 7.28. The second kappa shape index (κ2) is 7.06. The van der Waals surface area contributed by atoms with E-state index in [0.29, 0.717) is 13.1 Å². The Bertz CT molecular complexity index is 496. The molecular weight excluding hydrogens is 284 g/mol. The maximum absolute atomic E-state index is 11.6. The number of aromatic nitrogens is 3. The van der Waals surface area contributed by atoms with E-state index in [1.54, 1.807) is 6.33 Å². The number of rotatable bonds is 5. The van der Waals surface area contributed by atoms with E-state index in [1.165, 1.54) is 0 Å². The molecule has 0 bridgehead atoms. The van der Waals surface area contributed by atoms with E-state index in [9.17, 15) is 4.79 Å². The van der Waals surface area contributed by atoms with Gasteiger partial charge >= 0.3 is 6.09 Å². The quantitative estimate of drug-likeness (QED) is 0.813. The van der Waals surface area contributed by atoms with Crippen molar-refractivity contribution in [1.82, 2.24) is 25.0 Å². The van der Waals surface area contributed by atoms with Crippen molar-refractivity contribution in [3.05, 3.63) is 12.2 Å². The molecule has 0 saturated carbocycles. The zero-order valence-corrected chi connectivity index (χ0v) is 13.6. The standard InChI is InChI=1S/C14H26N6O2/c1-14(2,3)22-13(21)16-5-4-11(8-15)19-6-7-20-10-17-18-12(20)9-19/h10-11H,4-9,15H2,1-3H3,(H,16,21). The normalized spacial score (nSPS) is 16.9. The lowest BCUT2D eigenvalue weighted by molar-refractivity contribution is 0.0519. The summed E-state index contributed by atoms with van der Waals surface area (Å²) in [6, 6.07) is 0.209. The van der Waals surface area contributed by atoms with Crippen molar-refractivity contribution in [2.24, 2.45) is 5.73 Å². The van der Waals surface area contributed by atoms with E-state index >= 15 is 0 Å². The van der Waals surface area contributed by atoms with Crippen molar-refractivity contribution < 1.29 is 9.53 Å². The second-order valence-corrected chi connectivity index (χ2v) is 6.52. The fourth-order valence-electron chi connectivity index (χ4n) is 2.50. The molecule has 0 aromatic carbocycles. The molecule has 8 heteroatoms. The lowest BCUT2D eigenvalue weighted by atomic mass is 10.1. The van der Waals surface area contributed by atoms with Gasteiger partial charge in [0.2, 0.25) is 0 Å². The monoisotopic (exact) mass is 310 g/mol. The molecule has 1 unspecified atom stereocenters. The molecule has 1 aromatic rings. The third-order valence-corrected chi connectivity index (χ3v) is 3.60. The third-order valence-electron chi connectivity index (χ3n) is 3.60. The van der Waals surface area contributed by atoms with Crippen LogP contribution in [-0.2, 0) is 17.8 Å². The maximum Gasteiger partial charge on any atom is 0.407 e. The number of alkyl carbamates (subject to hydrolysis) is 1. The van der Waals surface area contributed by atoms with Crippen LogP contribution in [0.25, 0.3) is 0 Å². The van der Waals surface area contributed by atoms with Crippen molar-refractivity contribution in [2.45, 2.75) is 51.9 Å². The minimum atomic E-state index is -0.478. The van der Waals surface area contributed by atoms with Crippen LogP contribution < -0.4 is 11.1 Å². The Morgan fingerprint density at radius 2 is 2.27 bits per heavy atom. The average Bonchev–Trinajstić information content (AvgIpc) is 2.89. The number of amides is 1. The molecule has 22 heavy (non-hydrogen) atoms. The molecule has 2 heterocycles. The molecule has 1 atom stereocenters. The summed E-state index contributed by atoms with van der Waals surface area (Å²) in [5.41, 5.74) is 5.41. The summed E-state index contributed by atoms with van der Waals surface area (Å²) in [5, 5.41) is 10.8. The van der Waals surface area contributed by atoms with E-state index in [2.05, 4.69) is 25.0 Å². The van der Waals surface area contributed by atoms with E-state index in [-0.39, 0.29) is 12.1 Å². The van der Waals surface area contributed by atoms with Crippen LogP contribution in [0.3, 0.4) is 0 Å². The van der Waals surface area contributed by atoms with Gasteiger partial charge < -0.3 is 20.4 Å². The summed E-state index contributed by atoms with van der Waals surface area (Å²) in [6.45, 7) is 9.16. The van der Waals surface area contributed by atoms with Crippen molar-refractivity contribution in [3.63, 3.8) is 0 Å². The number of carbonyl (C=O) groups is 1. The Hall–Kier alpha value is -1.67. The minimum absolute atomic E-state index is 0.209. The SMILES string of the molecule is CC(C)(C)OC(=O)NCCC(CN)N1CCn2cnnc2C1. The van der Waals surface area contributed by atoms with Gasteiger partial charge in [0.15, 0.2) is 0 Å². The number of nitrogens with one attached hydrogen (secondary N) is 1. The van der Waals surface area contributed by atoms with Crippen LogP contribution in [0.2, 0.25) is 0 Å². The summed E-state index contributed by atoms with van der Waals surface area (Å²) in [4.78, 5) is 13.9. The van der Waals surface area contributed by atoms with Gasteiger partial charge in [-0.2, -0.15) is 0 Å². The molecule has 1 aromatic heterocycles. The molecule has 8 nitrogen and oxygen atoms in total. The van der Waals surface area contributed by atoms with Gasteiger partial charge in [0.05, 0.1) is 6.54 Å². The van der Waals surface area contributed by atoms with Gasteiger partial charge in [-0.25, -0.2) is 4.79 Å². The molecule has 0 fully saturated rings. The number of hydrogen-bond acceptors (Lipinski definition) is 6. The lowest BCUT2D eigenvalue weighted by Gasteiger charge is -2.33. The van der Waals surface area contributed by atoms with Crippen LogP contribution in [0.1, 0.15) is 33.0 Å². The highest BCUT2D eigenvalue weighted by atomic mass is 16.6. The first-order valence-corrected chi connectivity index (χ1v) is 7.66. The highest BCUT2D eigenvalue weighted by Gasteiger charge is 2.24. The van der Waals surface area contributed by atoms with Crippen LogP contribution in [0.15, 0.2) is 6.33 Å². The molecule has 1 aliphatic heterocycles. The molecule has 3 N–H and O–H groups in total. The van der Waals surface area contributed by atoms with Crippen LogP contribution >= 0.6 is 0 Å². The predicted molar refractivity (Wildman–Crippen MR) is 82.1 cm³/mol. The molecule has 1 amide bonds. The summed E-state index contributed by atoms with van der Waals surface area (Å²) >= 11 is 0. The average molecular weight is 310 g/mol. The van der Waals surface area contributed by atoms with E-state index in [1.807, 2.05) is 20.8 Å².